The van der Waals surface area contributed by atoms with Crippen LogP contribution >= 0.6 is 0 Å². The van der Waals surface area contributed by atoms with Crippen LogP contribution in [0.1, 0.15) is 0 Å². The van der Waals surface area contributed by atoms with Gasteiger partial charge in [0.25, 0.3) is 0 Å². The molecule has 0 unspecified atom stereocenters. The predicted octanol–water partition coefficient (Wildman–Crippen LogP) is 0.296. The van der Waals surface area contributed by atoms with Gasteiger partial charge in [-0.05, 0) is 12.1 Å². The first kappa shape index (κ1) is 16.8. The van der Waals surface area contributed by atoms with Gasteiger partial charge in [-0.2, -0.15) is 8.78 Å². The zero-order chi connectivity index (χ0) is 16.0. The van der Waals surface area contributed by atoms with Crippen LogP contribution in [0.2, 0.25) is 0 Å². The Hall–Kier alpha value is -2.23. The summed E-state index contributed by atoms with van der Waals surface area (Å²) >= 11 is 0. The van der Waals surface area contributed by atoms with Crippen LogP contribution in [-0.4, -0.2) is 44.2 Å². The van der Waals surface area contributed by atoms with Crippen molar-refractivity contribution in [1.29, 1.82) is 0 Å². The standard InChI is InChI=1S/C11H12F2N2O5S/c12-11(13)21(19,20)8-4-2-1-3-7(8)14-5-9(16)15-6-10(17)18/h1-4,11,14H,5-6H2,(H,15,16)(H,17,18). The molecule has 116 valence electrons. The number of carbonyl (C=O) groups excluding carboxylic acids is 1. The molecule has 10 heteroatoms. The molecule has 3 N–H and O–H groups in total. The molecule has 0 spiro atoms. The Morgan fingerprint density at radius 3 is 2.38 bits per heavy atom. The highest BCUT2D eigenvalue weighted by Crippen LogP contribution is 2.25. The van der Waals surface area contributed by atoms with Crippen LogP contribution in [0.4, 0.5) is 14.5 Å². The molecule has 0 atom stereocenters. The normalized spacial score (nSPS) is 11.2. The number of halogens is 2. The van der Waals surface area contributed by atoms with Gasteiger partial charge in [0.1, 0.15) is 6.54 Å². The van der Waals surface area contributed by atoms with Crippen molar-refractivity contribution in [2.45, 2.75) is 10.7 Å². The monoisotopic (exact) mass is 322 g/mol. The van der Waals surface area contributed by atoms with Gasteiger partial charge < -0.3 is 15.7 Å². The largest absolute Gasteiger partial charge is 0.480 e. The molecule has 0 saturated carbocycles. The maximum atomic E-state index is 12.5. The van der Waals surface area contributed by atoms with Crippen LogP contribution in [0, 0.1) is 0 Å². The van der Waals surface area contributed by atoms with Crippen molar-refractivity contribution < 1.29 is 31.9 Å². The fourth-order valence-electron chi connectivity index (χ4n) is 1.37. The van der Waals surface area contributed by atoms with E-state index in [1.54, 1.807) is 0 Å². The van der Waals surface area contributed by atoms with Crippen molar-refractivity contribution >= 4 is 27.4 Å². The molecule has 0 bridgehead atoms. The Morgan fingerprint density at radius 2 is 1.81 bits per heavy atom. The zero-order valence-electron chi connectivity index (χ0n) is 10.5. The number of carboxylic acid groups (broad SMARTS) is 1. The first-order chi connectivity index (χ1) is 9.75. The second-order valence-corrected chi connectivity index (χ2v) is 5.71. The second-order valence-electron chi connectivity index (χ2n) is 3.83. The van der Waals surface area contributed by atoms with E-state index in [9.17, 15) is 26.8 Å². The first-order valence-electron chi connectivity index (χ1n) is 5.58. The van der Waals surface area contributed by atoms with Crippen molar-refractivity contribution in [1.82, 2.24) is 5.32 Å². The molecular weight excluding hydrogens is 310 g/mol. The molecule has 1 rings (SSSR count). The van der Waals surface area contributed by atoms with Gasteiger partial charge in [-0.25, -0.2) is 8.42 Å². The number of aliphatic carboxylic acids is 1. The maximum absolute atomic E-state index is 12.5. The molecule has 21 heavy (non-hydrogen) atoms. The first-order valence-corrected chi connectivity index (χ1v) is 7.13. The number of sulfone groups is 1. The van der Waals surface area contributed by atoms with E-state index in [2.05, 4.69) is 5.32 Å². The van der Waals surface area contributed by atoms with E-state index in [-0.39, 0.29) is 5.69 Å². The van der Waals surface area contributed by atoms with Gasteiger partial charge in [-0.15, -0.1) is 0 Å². The number of hydrogen-bond donors (Lipinski definition) is 3. The third-order valence-corrected chi connectivity index (χ3v) is 3.74. The summed E-state index contributed by atoms with van der Waals surface area (Å²) in [5.41, 5.74) is -0.164. The quantitative estimate of drug-likeness (QED) is 0.665. The molecule has 0 aromatic heterocycles. The van der Waals surface area contributed by atoms with E-state index >= 15 is 0 Å². The highest BCUT2D eigenvalue weighted by atomic mass is 32.2. The molecule has 0 radical (unpaired) electrons. The summed E-state index contributed by atoms with van der Waals surface area (Å²) in [6.45, 7) is -1.06. The number of benzene rings is 1. The molecule has 0 heterocycles. The Bertz CT molecular complexity index is 633. The second kappa shape index (κ2) is 6.97. The van der Waals surface area contributed by atoms with Gasteiger partial charge in [0.2, 0.25) is 15.7 Å². The van der Waals surface area contributed by atoms with Gasteiger partial charge in [-0.1, -0.05) is 12.1 Å². The minimum absolute atomic E-state index is 0.164. The minimum Gasteiger partial charge on any atom is -0.480 e. The lowest BCUT2D eigenvalue weighted by atomic mass is 10.3. The molecule has 0 fully saturated rings. The topological polar surface area (TPSA) is 113 Å². The number of nitrogens with one attached hydrogen (secondary N) is 2. The molecule has 1 aromatic rings. The fraction of sp³-hybridized carbons (Fsp3) is 0.273. The van der Waals surface area contributed by atoms with Crippen molar-refractivity contribution in [2.24, 2.45) is 0 Å². The highest BCUT2D eigenvalue weighted by Gasteiger charge is 2.29. The average molecular weight is 322 g/mol. The van der Waals surface area contributed by atoms with Gasteiger partial charge in [-0.3, -0.25) is 9.59 Å². The average Bonchev–Trinajstić information content (AvgIpc) is 2.42. The summed E-state index contributed by atoms with van der Waals surface area (Å²) in [7, 11) is -4.80. The van der Waals surface area contributed by atoms with Gasteiger partial charge >= 0.3 is 11.7 Å². The summed E-state index contributed by atoms with van der Waals surface area (Å²) in [5, 5.41) is 12.8. The Kier molecular flexibility index (Phi) is 5.59. The zero-order valence-corrected chi connectivity index (χ0v) is 11.4. The lowest BCUT2D eigenvalue weighted by Gasteiger charge is -2.11. The van der Waals surface area contributed by atoms with Gasteiger partial charge in [0.15, 0.2) is 0 Å². The molecular formula is C11H12F2N2O5S. The molecule has 0 aliphatic carbocycles. The van der Waals surface area contributed by atoms with Crippen LogP contribution < -0.4 is 10.6 Å². The molecule has 0 aliphatic rings. The number of para-hydroxylation sites is 1. The van der Waals surface area contributed by atoms with Crippen LogP contribution in [0.15, 0.2) is 29.2 Å². The van der Waals surface area contributed by atoms with Crippen LogP contribution in [-0.2, 0) is 19.4 Å². The Labute approximate surface area is 118 Å². The lowest BCUT2D eigenvalue weighted by molar-refractivity contribution is -0.137. The number of anilines is 1. The van der Waals surface area contributed by atoms with Crippen LogP contribution in [0.5, 0.6) is 0 Å². The number of rotatable bonds is 7. The number of carboxylic acids is 1. The summed E-state index contributed by atoms with van der Waals surface area (Å²) in [6, 6.07) is 4.88. The van der Waals surface area contributed by atoms with E-state index in [1.165, 1.54) is 18.2 Å². The van der Waals surface area contributed by atoms with E-state index < -0.39 is 45.5 Å². The van der Waals surface area contributed by atoms with E-state index in [4.69, 9.17) is 5.11 Å². The van der Waals surface area contributed by atoms with E-state index in [0.717, 1.165) is 6.07 Å². The van der Waals surface area contributed by atoms with Crippen molar-refractivity contribution in [3.05, 3.63) is 24.3 Å². The SMILES string of the molecule is O=C(O)CNC(=O)CNc1ccccc1S(=O)(=O)C(F)F. The summed E-state index contributed by atoms with van der Waals surface area (Å²) in [4.78, 5) is 20.9. The smallest absolute Gasteiger partial charge is 0.341 e. The minimum atomic E-state index is -4.80. The summed E-state index contributed by atoms with van der Waals surface area (Å²) < 4.78 is 47.9. The van der Waals surface area contributed by atoms with E-state index in [1.807, 2.05) is 5.32 Å². The summed E-state index contributed by atoms with van der Waals surface area (Å²) in [5.74, 6) is -5.55. The Balaban J connectivity index is 2.82. The molecule has 0 aliphatic heterocycles. The van der Waals surface area contributed by atoms with Crippen molar-refractivity contribution in [3.63, 3.8) is 0 Å². The highest BCUT2D eigenvalue weighted by molar-refractivity contribution is 7.91. The molecule has 0 saturated heterocycles. The van der Waals surface area contributed by atoms with Gasteiger partial charge in [0, 0.05) is 0 Å². The van der Waals surface area contributed by atoms with Gasteiger partial charge in [0.05, 0.1) is 17.1 Å². The summed E-state index contributed by atoms with van der Waals surface area (Å²) in [6.07, 6.45) is 0. The van der Waals surface area contributed by atoms with Crippen molar-refractivity contribution in [3.8, 4) is 0 Å². The number of amides is 1. The Morgan fingerprint density at radius 1 is 1.19 bits per heavy atom. The lowest BCUT2D eigenvalue weighted by Crippen LogP contribution is -2.34. The fourth-order valence-corrected chi connectivity index (χ4v) is 2.28. The maximum Gasteiger partial charge on any atom is 0.341 e. The number of carbonyl (C=O) groups is 2. The molecule has 1 amide bonds. The van der Waals surface area contributed by atoms with Crippen LogP contribution in [0.25, 0.3) is 0 Å². The van der Waals surface area contributed by atoms with E-state index in [0.29, 0.717) is 0 Å². The number of hydrogen-bond acceptors (Lipinski definition) is 5. The third-order valence-electron chi connectivity index (χ3n) is 2.30. The van der Waals surface area contributed by atoms with Crippen LogP contribution in [0.3, 0.4) is 0 Å². The third kappa shape index (κ3) is 4.67. The predicted molar refractivity (Wildman–Crippen MR) is 68.8 cm³/mol. The molecule has 7 nitrogen and oxygen atoms in total. The molecule has 1 aromatic carbocycles. The van der Waals surface area contributed by atoms with Crippen molar-refractivity contribution in [2.75, 3.05) is 18.4 Å². The number of alkyl halides is 2.